The Hall–Kier alpha value is -1.47. The van der Waals surface area contributed by atoms with Crippen LogP contribution in [0.5, 0.6) is 0 Å². The van der Waals surface area contributed by atoms with E-state index in [0.29, 0.717) is 24.3 Å². The molecule has 36 heavy (non-hydrogen) atoms. The van der Waals surface area contributed by atoms with Gasteiger partial charge in [0.05, 0.1) is 0 Å². The number of rotatable bonds is 19. The Morgan fingerprint density at radius 3 is 2.11 bits per heavy atom. The van der Waals surface area contributed by atoms with Gasteiger partial charge in [-0.3, -0.25) is 4.55 Å². The normalized spacial score (nSPS) is 13.8. The fraction of sp³-hybridized carbons (Fsp3) is 0.667. The highest BCUT2D eigenvalue weighted by Crippen LogP contribution is 2.33. The van der Waals surface area contributed by atoms with Gasteiger partial charge in [0.1, 0.15) is 4.90 Å². The number of fused-ring (bicyclic) bond motifs is 1. The highest BCUT2D eigenvalue weighted by atomic mass is 32.2. The van der Waals surface area contributed by atoms with E-state index in [4.69, 9.17) is 11.5 Å². The zero-order valence-electron chi connectivity index (χ0n) is 22.7. The van der Waals surface area contributed by atoms with Crippen molar-refractivity contribution in [2.75, 3.05) is 6.54 Å². The van der Waals surface area contributed by atoms with E-state index in [1.807, 2.05) is 18.2 Å². The summed E-state index contributed by atoms with van der Waals surface area (Å²) in [5, 5.41) is 1.48. The molecule has 6 heteroatoms. The van der Waals surface area contributed by atoms with Crippen molar-refractivity contribution in [3.05, 3.63) is 41.5 Å². The van der Waals surface area contributed by atoms with Crippen molar-refractivity contribution >= 4 is 20.9 Å². The van der Waals surface area contributed by atoms with Gasteiger partial charge in [-0.05, 0) is 61.0 Å². The second-order valence-corrected chi connectivity index (χ2v) is 11.8. The standard InChI is InChI=1S/C30H50N2O3S/c1-3-5-7-8-9-10-12-20-27-26(19-15-18-24(29(32)23-31)16-11-6-4-2)22-25-17-13-14-21-28(25)30(27)36(33,34)35/h13-14,17,21-22,24,29H,3-12,15-16,18-20,23,31-32H2,1-2H3,(H,33,34,35). The first-order valence-corrected chi connectivity index (χ1v) is 15.7. The minimum atomic E-state index is -4.35. The number of aryl methyl sites for hydroxylation is 1. The summed E-state index contributed by atoms with van der Waals surface area (Å²) < 4.78 is 35.5. The van der Waals surface area contributed by atoms with Crippen LogP contribution in [0, 0.1) is 5.92 Å². The summed E-state index contributed by atoms with van der Waals surface area (Å²) in [5.41, 5.74) is 14.1. The highest BCUT2D eigenvalue weighted by molar-refractivity contribution is 7.86. The molecule has 0 aliphatic heterocycles. The van der Waals surface area contributed by atoms with Crippen LogP contribution < -0.4 is 11.5 Å². The maximum absolute atomic E-state index is 12.6. The summed E-state index contributed by atoms with van der Waals surface area (Å²) in [4.78, 5) is 0.111. The van der Waals surface area contributed by atoms with Gasteiger partial charge in [-0.1, -0.05) is 102 Å². The zero-order valence-corrected chi connectivity index (χ0v) is 23.5. The lowest BCUT2D eigenvalue weighted by molar-refractivity contribution is 0.352. The molecule has 2 aromatic rings. The van der Waals surface area contributed by atoms with E-state index in [1.54, 1.807) is 6.07 Å². The van der Waals surface area contributed by atoms with Crippen LogP contribution >= 0.6 is 0 Å². The van der Waals surface area contributed by atoms with Crippen molar-refractivity contribution in [2.45, 2.75) is 121 Å². The molecule has 2 aromatic carbocycles. The fourth-order valence-electron chi connectivity index (χ4n) is 5.44. The molecule has 5 N–H and O–H groups in total. The molecular formula is C30H50N2O3S. The molecule has 0 aliphatic rings. The predicted octanol–water partition coefficient (Wildman–Crippen LogP) is 7.18. The van der Waals surface area contributed by atoms with Crippen molar-refractivity contribution in [3.63, 3.8) is 0 Å². The van der Waals surface area contributed by atoms with Gasteiger partial charge in [-0.15, -0.1) is 0 Å². The Morgan fingerprint density at radius 2 is 1.44 bits per heavy atom. The maximum atomic E-state index is 12.6. The van der Waals surface area contributed by atoms with Crippen LogP contribution in [-0.2, 0) is 23.0 Å². The largest absolute Gasteiger partial charge is 0.329 e. The van der Waals surface area contributed by atoms with Gasteiger partial charge in [0, 0.05) is 18.0 Å². The van der Waals surface area contributed by atoms with Crippen molar-refractivity contribution in [3.8, 4) is 0 Å². The van der Waals surface area contributed by atoms with Gasteiger partial charge < -0.3 is 11.5 Å². The van der Waals surface area contributed by atoms with Crippen molar-refractivity contribution in [1.82, 2.24) is 0 Å². The molecule has 0 bridgehead atoms. The third-order valence-corrected chi connectivity index (χ3v) is 8.54. The van der Waals surface area contributed by atoms with E-state index in [1.165, 1.54) is 51.4 Å². The van der Waals surface area contributed by atoms with E-state index in [2.05, 4.69) is 19.9 Å². The second kappa shape index (κ2) is 16.4. The Labute approximate surface area is 220 Å². The predicted molar refractivity (Wildman–Crippen MR) is 153 cm³/mol. The van der Waals surface area contributed by atoms with Crippen LogP contribution in [0.1, 0.15) is 108 Å². The molecule has 0 radical (unpaired) electrons. The van der Waals surface area contributed by atoms with Crippen molar-refractivity contribution in [1.29, 1.82) is 0 Å². The first-order valence-electron chi connectivity index (χ1n) is 14.3. The van der Waals surface area contributed by atoms with Crippen LogP contribution in [0.3, 0.4) is 0 Å². The van der Waals surface area contributed by atoms with E-state index in [0.717, 1.165) is 55.0 Å². The molecule has 0 amide bonds. The van der Waals surface area contributed by atoms with E-state index in [9.17, 15) is 13.0 Å². The van der Waals surface area contributed by atoms with Crippen LogP contribution in [0.4, 0.5) is 0 Å². The number of nitrogens with two attached hydrogens (primary N) is 2. The molecule has 5 nitrogen and oxygen atoms in total. The zero-order chi connectivity index (χ0) is 26.4. The minimum absolute atomic E-state index is 0.000908. The molecule has 0 spiro atoms. The van der Waals surface area contributed by atoms with Crippen LogP contribution in [-0.4, -0.2) is 25.6 Å². The average Bonchev–Trinajstić information content (AvgIpc) is 2.85. The summed E-state index contributed by atoms with van der Waals surface area (Å²) in [6.07, 6.45) is 16.2. The minimum Gasteiger partial charge on any atom is -0.329 e. The Bertz CT molecular complexity index is 1010. The van der Waals surface area contributed by atoms with Crippen LogP contribution in [0.15, 0.2) is 35.2 Å². The average molecular weight is 519 g/mol. The smallest absolute Gasteiger partial charge is 0.295 e. The summed E-state index contributed by atoms with van der Waals surface area (Å²) >= 11 is 0. The lowest BCUT2D eigenvalue weighted by atomic mass is 9.87. The molecule has 0 saturated heterocycles. The molecule has 0 aromatic heterocycles. The summed E-state index contributed by atoms with van der Waals surface area (Å²) in [5.74, 6) is 0.384. The van der Waals surface area contributed by atoms with Gasteiger partial charge in [0.25, 0.3) is 10.1 Å². The Balaban J connectivity index is 2.24. The quantitative estimate of drug-likeness (QED) is 0.135. The monoisotopic (exact) mass is 518 g/mol. The highest BCUT2D eigenvalue weighted by Gasteiger charge is 2.23. The van der Waals surface area contributed by atoms with E-state index < -0.39 is 10.1 Å². The first-order chi connectivity index (χ1) is 17.3. The summed E-state index contributed by atoms with van der Waals surface area (Å²) in [6.45, 7) is 4.91. The van der Waals surface area contributed by atoms with E-state index in [-0.39, 0.29) is 10.9 Å². The number of hydrogen-bond donors (Lipinski definition) is 3. The van der Waals surface area contributed by atoms with Gasteiger partial charge in [0.2, 0.25) is 0 Å². The van der Waals surface area contributed by atoms with E-state index >= 15 is 0 Å². The molecule has 0 fully saturated rings. The van der Waals surface area contributed by atoms with Crippen LogP contribution in [0.25, 0.3) is 10.8 Å². The third kappa shape index (κ3) is 9.77. The lowest BCUT2D eigenvalue weighted by Crippen LogP contribution is -2.37. The SMILES string of the molecule is CCCCCCCCCc1c(CCCC(CCCCC)C(N)CN)cc2ccccc2c1S(=O)(=O)O. The summed E-state index contributed by atoms with van der Waals surface area (Å²) in [7, 11) is -4.35. The second-order valence-electron chi connectivity index (χ2n) is 10.5. The molecule has 2 atom stereocenters. The van der Waals surface area contributed by atoms with Crippen LogP contribution in [0.2, 0.25) is 0 Å². The molecule has 0 heterocycles. The fourth-order valence-corrected chi connectivity index (χ4v) is 6.45. The number of unbranched alkanes of at least 4 members (excludes halogenated alkanes) is 8. The van der Waals surface area contributed by atoms with Crippen molar-refractivity contribution < 1.29 is 13.0 Å². The summed E-state index contributed by atoms with van der Waals surface area (Å²) in [6, 6.07) is 9.63. The number of benzene rings is 2. The van der Waals surface area contributed by atoms with Crippen molar-refractivity contribution in [2.24, 2.45) is 17.4 Å². The molecular weight excluding hydrogens is 468 g/mol. The lowest BCUT2D eigenvalue weighted by Gasteiger charge is -2.23. The van der Waals surface area contributed by atoms with Gasteiger partial charge in [-0.2, -0.15) is 8.42 Å². The van der Waals surface area contributed by atoms with Gasteiger partial charge in [0.15, 0.2) is 0 Å². The van der Waals surface area contributed by atoms with Gasteiger partial charge >= 0.3 is 0 Å². The van der Waals surface area contributed by atoms with Gasteiger partial charge in [-0.25, -0.2) is 0 Å². The molecule has 0 saturated carbocycles. The number of hydrogen-bond acceptors (Lipinski definition) is 4. The third-order valence-electron chi connectivity index (χ3n) is 7.56. The molecule has 204 valence electrons. The Morgan fingerprint density at radius 1 is 0.833 bits per heavy atom. The first kappa shape index (κ1) is 30.8. The maximum Gasteiger partial charge on any atom is 0.295 e. The molecule has 2 rings (SSSR count). The molecule has 0 aliphatic carbocycles. The topological polar surface area (TPSA) is 106 Å². The Kier molecular flexibility index (Phi) is 14.0. The molecule has 2 unspecified atom stereocenters.